The minimum absolute atomic E-state index is 0.397. The molecule has 0 amide bonds. The Balaban J connectivity index is 0.000000360. The minimum Gasteiger partial charge on any atom is -0.475 e. The summed E-state index contributed by atoms with van der Waals surface area (Å²) in [6.07, 6.45) is -2.44. The van der Waals surface area contributed by atoms with E-state index >= 15 is 0 Å². The van der Waals surface area contributed by atoms with E-state index in [1.54, 1.807) is 6.20 Å². The van der Waals surface area contributed by atoms with E-state index in [1.165, 1.54) is 9.75 Å². The molecule has 0 unspecified atom stereocenters. The van der Waals surface area contributed by atoms with Crippen LogP contribution < -0.4 is 4.74 Å². The number of halogens is 3. The van der Waals surface area contributed by atoms with E-state index in [-0.39, 0.29) is 0 Å². The monoisotopic (exact) mass is 469 g/mol. The molecule has 8 nitrogen and oxygen atoms in total. The first kappa shape index (κ1) is 23.7. The van der Waals surface area contributed by atoms with E-state index in [2.05, 4.69) is 43.7 Å². The average Bonchev–Trinajstić information content (AvgIpc) is 3.28. The van der Waals surface area contributed by atoms with Gasteiger partial charge in [0.25, 0.3) is 0 Å². The van der Waals surface area contributed by atoms with Gasteiger partial charge in [0.1, 0.15) is 12.4 Å². The Morgan fingerprint density at radius 1 is 1.19 bits per heavy atom. The van der Waals surface area contributed by atoms with Gasteiger partial charge in [0, 0.05) is 54.6 Å². The number of fused-ring (bicyclic) bond motifs is 1. The standard InChI is InChI=1S/C18H21N5OS.C2HF3O2/c1-14-5-6-15(25-14)12-22-9-7-16-20-21-17(23(16)11-10-22)13-24-18-4-2-3-8-19-18;3-2(4,5)1(6)7/h2-6,8H,7,9-13H2,1H3;(H,6,7). The number of aryl methyl sites for hydroxylation is 1. The molecule has 3 aromatic rings. The number of rotatable bonds is 5. The molecule has 1 N–H and O–H groups in total. The van der Waals surface area contributed by atoms with Crippen molar-refractivity contribution in [2.45, 2.75) is 39.2 Å². The number of hydrogen-bond acceptors (Lipinski definition) is 7. The number of thiophene rings is 1. The molecule has 4 heterocycles. The predicted molar refractivity (Wildman–Crippen MR) is 110 cm³/mol. The second kappa shape index (κ2) is 10.6. The molecule has 172 valence electrons. The van der Waals surface area contributed by atoms with E-state index in [0.29, 0.717) is 12.5 Å². The Morgan fingerprint density at radius 3 is 2.59 bits per heavy atom. The lowest BCUT2D eigenvalue weighted by atomic mass is 10.3. The Kier molecular flexibility index (Phi) is 7.80. The van der Waals surface area contributed by atoms with Crippen molar-refractivity contribution in [3.8, 4) is 5.88 Å². The normalized spacial score (nSPS) is 14.1. The first-order valence-corrected chi connectivity index (χ1v) is 10.6. The van der Waals surface area contributed by atoms with Gasteiger partial charge in [-0.25, -0.2) is 9.78 Å². The summed E-state index contributed by atoms with van der Waals surface area (Å²) >= 11 is 1.88. The van der Waals surface area contributed by atoms with Gasteiger partial charge in [0.2, 0.25) is 5.88 Å². The van der Waals surface area contributed by atoms with Crippen molar-refractivity contribution in [1.29, 1.82) is 0 Å². The molecule has 1 aliphatic rings. The summed E-state index contributed by atoms with van der Waals surface area (Å²) in [4.78, 5) is 18.4. The zero-order chi connectivity index (χ0) is 23.1. The third-order valence-electron chi connectivity index (χ3n) is 4.60. The molecule has 12 heteroatoms. The van der Waals surface area contributed by atoms with E-state index in [1.807, 2.05) is 29.5 Å². The number of pyridine rings is 1. The van der Waals surface area contributed by atoms with E-state index < -0.39 is 12.1 Å². The topological polar surface area (TPSA) is 93.4 Å². The number of carboxylic acid groups (broad SMARTS) is 1. The molecule has 0 atom stereocenters. The summed E-state index contributed by atoms with van der Waals surface area (Å²) in [5.74, 6) is -0.227. The maximum atomic E-state index is 10.6. The molecular formula is C20H22F3N5O3S. The first-order valence-electron chi connectivity index (χ1n) is 9.75. The van der Waals surface area contributed by atoms with E-state index in [0.717, 1.165) is 44.2 Å². The molecule has 0 saturated carbocycles. The van der Waals surface area contributed by atoms with Gasteiger partial charge in [-0.1, -0.05) is 6.07 Å². The zero-order valence-corrected chi connectivity index (χ0v) is 18.1. The van der Waals surface area contributed by atoms with Crippen LogP contribution in [0.3, 0.4) is 0 Å². The first-order chi connectivity index (χ1) is 15.2. The lowest BCUT2D eigenvalue weighted by Gasteiger charge is -2.18. The van der Waals surface area contributed by atoms with Crippen molar-refractivity contribution < 1.29 is 27.8 Å². The molecule has 0 spiro atoms. The van der Waals surface area contributed by atoms with Crippen LogP contribution in [-0.4, -0.2) is 55.0 Å². The second-order valence-electron chi connectivity index (χ2n) is 6.98. The van der Waals surface area contributed by atoms with Crippen LogP contribution in [0, 0.1) is 6.92 Å². The minimum atomic E-state index is -5.08. The van der Waals surface area contributed by atoms with Crippen molar-refractivity contribution in [2.24, 2.45) is 0 Å². The van der Waals surface area contributed by atoms with Crippen LogP contribution in [0.25, 0.3) is 0 Å². The Labute approximate surface area is 186 Å². The Bertz CT molecular complexity index is 1020. The SMILES string of the molecule is Cc1ccc(CN2CCc3nnc(COc4ccccn4)n3CC2)s1.O=C(O)C(F)(F)F. The van der Waals surface area contributed by atoms with Gasteiger partial charge in [-0.2, -0.15) is 13.2 Å². The van der Waals surface area contributed by atoms with Crippen LogP contribution in [0.4, 0.5) is 13.2 Å². The number of aromatic nitrogens is 4. The zero-order valence-electron chi connectivity index (χ0n) is 17.2. The summed E-state index contributed by atoms with van der Waals surface area (Å²) in [7, 11) is 0. The highest BCUT2D eigenvalue weighted by molar-refractivity contribution is 7.11. The molecule has 4 rings (SSSR count). The van der Waals surface area contributed by atoms with Crippen LogP contribution in [0.15, 0.2) is 36.5 Å². The lowest BCUT2D eigenvalue weighted by molar-refractivity contribution is -0.192. The highest BCUT2D eigenvalue weighted by atomic mass is 32.1. The molecule has 0 fully saturated rings. The maximum Gasteiger partial charge on any atom is 0.490 e. The van der Waals surface area contributed by atoms with Crippen LogP contribution in [-0.2, 0) is 30.9 Å². The molecule has 0 bridgehead atoms. The fraction of sp³-hybridized carbons (Fsp3) is 0.400. The van der Waals surface area contributed by atoms with Crippen LogP contribution >= 0.6 is 11.3 Å². The van der Waals surface area contributed by atoms with Crippen molar-refractivity contribution in [3.63, 3.8) is 0 Å². The number of carbonyl (C=O) groups is 1. The highest BCUT2D eigenvalue weighted by Crippen LogP contribution is 2.19. The van der Waals surface area contributed by atoms with Gasteiger partial charge in [-0.3, -0.25) is 4.90 Å². The molecular weight excluding hydrogens is 447 g/mol. The van der Waals surface area contributed by atoms with Gasteiger partial charge in [-0.15, -0.1) is 21.5 Å². The largest absolute Gasteiger partial charge is 0.490 e. The predicted octanol–water partition coefficient (Wildman–Crippen LogP) is 3.31. The van der Waals surface area contributed by atoms with Crippen molar-refractivity contribution >= 4 is 17.3 Å². The number of nitrogens with zero attached hydrogens (tertiary/aromatic N) is 5. The van der Waals surface area contributed by atoms with Gasteiger partial charge in [-0.05, 0) is 25.1 Å². The summed E-state index contributed by atoms with van der Waals surface area (Å²) in [6.45, 7) is 6.47. The number of hydrogen-bond donors (Lipinski definition) is 1. The molecule has 32 heavy (non-hydrogen) atoms. The molecule has 0 saturated heterocycles. The molecule has 1 aliphatic heterocycles. The van der Waals surface area contributed by atoms with Crippen molar-refractivity contribution in [1.82, 2.24) is 24.6 Å². The Morgan fingerprint density at radius 2 is 1.97 bits per heavy atom. The van der Waals surface area contributed by atoms with Gasteiger partial charge >= 0.3 is 12.1 Å². The van der Waals surface area contributed by atoms with Crippen molar-refractivity contribution in [3.05, 3.63) is 57.9 Å². The maximum absolute atomic E-state index is 10.6. The summed E-state index contributed by atoms with van der Waals surface area (Å²) in [5, 5.41) is 15.8. The highest BCUT2D eigenvalue weighted by Gasteiger charge is 2.38. The number of aliphatic carboxylic acids is 1. The fourth-order valence-corrected chi connectivity index (χ4v) is 3.99. The summed E-state index contributed by atoms with van der Waals surface area (Å²) in [5.41, 5.74) is 0. The van der Waals surface area contributed by atoms with Gasteiger partial charge in [0.15, 0.2) is 5.82 Å². The Hall–Kier alpha value is -2.99. The van der Waals surface area contributed by atoms with Crippen LogP contribution in [0.5, 0.6) is 5.88 Å². The summed E-state index contributed by atoms with van der Waals surface area (Å²) in [6, 6.07) is 10.1. The number of carboxylic acids is 1. The van der Waals surface area contributed by atoms with Gasteiger partial charge in [0.05, 0.1) is 0 Å². The van der Waals surface area contributed by atoms with E-state index in [4.69, 9.17) is 14.6 Å². The third kappa shape index (κ3) is 6.76. The molecule has 0 aromatic carbocycles. The quantitative estimate of drug-likeness (QED) is 0.613. The van der Waals surface area contributed by atoms with E-state index in [9.17, 15) is 13.2 Å². The second-order valence-corrected chi connectivity index (χ2v) is 8.35. The third-order valence-corrected chi connectivity index (χ3v) is 5.59. The van der Waals surface area contributed by atoms with Crippen LogP contribution in [0.2, 0.25) is 0 Å². The van der Waals surface area contributed by atoms with Crippen molar-refractivity contribution in [2.75, 3.05) is 13.1 Å². The summed E-state index contributed by atoms with van der Waals surface area (Å²) < 4.78 is 39.7. The lowest BCUT2D eigenvalue weighted by Crippen LogP contribution is -2.26. The molecule has 0 aliphatic carbocycles. The smallest absolute Gasteiger partial charge is 0.475 e. The number of alkyl halides is 3. The number of ether oxygens (including phenoxy) is 1. The average molecular weight is 469 g/mol. The molecule has 3 aromatic heterocycles. The van der Waals surface area contributed by atoms with Crippen LogP contribution in [0.1, 0.15) is 21.4 Å². The molecule has 0 radical (unpaired) electrons. The van der Waals surface area contributed by atoms with Gasteiger partial charge < -0.3 is 14.4 Å². The fourth-order valence-electron chi connectivity index (χ4n) is 3.05.